The summed E-state index contributed by atoms with van der Waals surface area (Å²) < 4.78 is 10.5. The van der Waals surface area contributed by atoms with E-state index in [0.717, 1.165) is 11.4 Å². The Morgan fingerprint density at radius 3 is 2.68 bits per heavy atom. The molecule has 0 unspecified atom stereocenters. The van der Waals surface area contributed by atoms with Gasteiger partial charge in [0.15, 0.2) is 5.76 Å². The van der Waals surface area contributed by atoms with Gasteiger partial charge in [-0.25, -0.2) is 0 Å². The molecule has 0 aliphatic carbocycles. The largest absolute Gasteiger partial charge is 0.461 e. The van der Waals surface area contributed by atoms with E-state index in [4.69, 9.17) is 8.94 Å². The van der Waals surface area contributed by atoms with Crippen molar-refractivity contribution < 1.29 is 8.94 Å². The molecule has 3 nitrogen and oxygen atoms in total. The Balaban J connectivity index is 1.66. The average Bonchev–Trinajstić information content (AvgIpc) is 3.09. The lowest BCUT2D eigenvalue weighted by Crippen LogP contribution is -1.79. The quantitative estimate of drug-likeness (QED) is 0.653. The van der Waals surface area contributed by atoms with Gasteiger partial charge in [-0.05, 0) is 31.2 Å². The van der Waals surface area contributed by atoms with E-state index >= 15 is 0 Å². The summed E-state index contributed by atoms with van der Waals surface area (Å²) in [6.45, 7) is 2.09. The van der Waals surface area contributed by atoms with Gasteiger partial charge in [0.1, 0.15) is 0 Å². The predicted molar refractivity (Wildman–Crippen MR) is 74.9 cm³/mol. The first-order valence-corrected chi connectivity index (χ1v) is 6.99. The lowest BCUT2D eigenvalue weighted by Gasteiger charge is -1.98. The van der Waals surface area contributed by atoms with Crippen LogP contribution >= 0.6 is 11.8 Å². The van der Waals surface area contributed by atoms with Crippen molar-refractivity contribution in [3.8, 4) is 11.5 Å². The molecular weight excluding hydrogens is 258 g/mol. The second-order valence-electron chi connectivity index (χ2n) is 4.26. The van der Waals surface area contributed by atoms with Crippen molar-refractivity contribution in [2.75, 3.05) is 0 Å². The molecule has 3 aromatic rings. The molecule has 4 heteroatoms. The third kappa shape index (κ3) is 2.90. The Hall–Kier alpha value is -1.94. The second kappa shape index (κ2) is 5.36. The summed E-state index contributed by atoms with van der Waals surface area (Å²) in [5.74, 6) is 2.16. The number of nitrogens with zero attached hydrogens (tertiary/aromatic N) is 1. The van der Waals surface area contributed by atoms with Gasteiger partial charge >= 0.3 is 0 Å². The molecule has 0 spiro atoms. The van der Waals surface area contributed by atoms with Crippen LogP contribution in [0.5, 0.6) is 0 Å². The lowest BCUT2D eigenvalue weighted by molar-refractivity contribution is 0.413. The van der Waals surface area contributed by atoms with E-state index in [0.29, 0.717) is 11.5 Å². The van der Waals surface area contributed by atoms with Crippen molar-refractivity contribution in [3.63, 3.8) is 0 Å². The zero-order chi connectivity index (χ0) is 13.1. The Kier molecular flexibility index (Phi) is 3.42. The number of aromatic nitrogens is 1. The van der Waals surface area contributed by atoms with Gasteiger partial charge in [-0.3, -0.25) is 0 Å². The molecule has 0 radical (unpaired) electrons. The number of rotatable bonds is 4. The van der Waals surface area contributed by atoms with Crippen LogP contribution in [0.1, 0.15) is 11.3 Å². The minimum Gasteiger partial charge on any atom is -0.461 e. The monoisotopic (exact) mass is 271 g/mol. The summed E-state index contributed by atoms with van der Waals surface area (Å²) in [6, 6.07) is 14.1. The number of furan rings is 1. The Bertz CT molecular complexity index is 641. The molecule has 2 heterocycles. The van der Waals surface area contributed by atoms with Gasteiger partial charge in [-0.1, -0.05) is 22.9 Å². The lowest BCUT2D eigenvalue weighted by atomic mass is 10.2. The summed E-state index contributed by atoms with van der Waals surface area (Å²) in [7, 11) is 0. The highest BCUT2D eigenvalue weighted by Gasteiger charge is 2.09. The van der Waals surface area contributed by atoms with E-state index < -0.39 is 0 Å². The van der Waals surface area contributed by atoms with Gasteiger partial charge in [0.2, 0.25) is 5.76 Å². The second-order valence-corrected chi connectivity index (χ2v) is 5.31. The highest BCUT2D eigenvalue weighted by molar-refractivity contribution is 7.98. The summed E-state index contributed by atoms with van der Waals surface area (Å²) in [4.78, 5) is 1.23. The first kappa shape index (κ1) is 12.1. The molecule has 0 aliphatic rings. The number of aryl methyl sites for hydroxylation is 1. The highest BCUT2D eigenvalue weighted by Crippen LogP contribution is 2.26. The maximum atomic E-state index is 5.27. The first-order chi connectivity index (χ1) is 9.31. The smallest absolute Gasteiger partial charge is 0.202 e. The maximum absolute atomic E-state index is 5.27. The summed E-state index contributed by atoms with van der Waals surface area (Å²) in [6.07, 6.45) is 1.62. The highest BCUT2D eigenvalue weighted by atomic mass is 32.2. The third-order valence-electron chi connectivity index (χ3n) is 2.73. The van der Waals surface area contributed by atoms with Crippen molar-refractivity contribution in [2.24, 2.45) is 0 Å². The molecule has 0 saturated carbocycles. The molecule has 0 saturated heterocycles. The van der Waals surface area contributed by atoms with Crippen molar-refractivity contribution in [3.05, 3.63) is 60.0 Å². The molecule has 0 aliphatic heterocycles. The van der Waals surface area contributed by atoms with Crippen LogP contribution in [-0.4, -0.2) is 5.16 Å². The molecule has 0 N–H and O–H groups in total. The van der Waals surface area contributed by atoms with Crippen molar-refractivity contribution >= 4 is 11.8 Å². The van der Waals surface area contributed by atoms with Crippen LogP contribution in [0, 0.1) is 6.92 Å². The van der Waals surface area contributed by atoms with Crippen LogP contribution in [-0.2, 0) is 5.75 Å². The van der Waals surface area contributed by atoms with E-state index in [1.165, 1.54) is 10.5 Å². The van der Waals surface area contributed by atoms with E-state index in [-0.39, 0.29) is 0 Å². The van der Waals surface area contributed by atoms with Gasteiger partial charge in [-0.15, -0.1) is 11.8 Å². The molecule has 0 amide bonds. The van der Waals surface area contributed by atoms with Gasteiger partial charge in [0, 0.05) is 16.7 Å². The van der Waals surface area contributed by atoms with Gasteiger partial charge in [-0.2, -0.15) is 0 Å². The van der Waals surface area contributed by atoms with Crippen LogP contribution < -0.4 is 0 Å². The average molecular weight is 271 g/mol. The van der Waals surface area contributed by atoms with Crippen LogP contribution in [0.2, 0.25) is 0 Å². The molecule has 0 fully saturated rings. The van der Waals surface area contributed by atoms with E-state index in [1.54, 1.807) is 18.0 Å². The molecule has 0 atom stereocenters. The maximum Gasteiger partial charge on any atom is 0.202 e. The number of hydrogen-bond donors (Lipinski definition) is 0. The SMILES string of the molecule is Cc1ccc(SCc2cc(-c3ccco3)on2)cc1. The minimum atomic E-state index is 0.671. The fraction of sp³-hybridized carbons (Fsp3) is 0.133. The van der Waals surface area contributed by atoms with Crippen LogP contribution in [0.3, 0.4) is 0 Å². The summed E-state index contributed by atoms with van der Waals surface area (Å²) in [5.41, 5.74) is 2.18. The fourth-order valence-electron chi connectivity index (χ4n) is 1.71. The van der Waals surface area contributed by atoms with Crippen LogP contribution in [0.25, 0.3) is 11.5 Å². The van der Waals surface area contributed by atoms with Gasteiger partial charge in [0.25, 0.3) is 0 Å². The minimum absolute atomic E-state index is 0.671. The van der Waals surface area contributed by atoms with Gasteiger partial charge in [0.05, 0.1) is 12.0 Å². The zero-order valence-corrected chi connectivity index (χ0v) is 11.3. The van der Waals surface area contributed by atoms with Crippen LogP contribution in [0.15, 0.2) is 62.6 Å². The predicted octanol–water partition coefficient (Wildman–Crippen LogP) is 4.54. The molecule has 1 aromatic carbocycles. The van der Waals surface area contributed by atoms with E-state index in [1.807, 2.05) is 18.2 Å². The Labute approximate surface area is 115 Å². The number of thioether (sulfide) groups is 1. The Morgan fingerprint density at radius 2 is 1.95 bits per heavy atom. The number of benzene rings is 1. The molecule has 2 aromatic heterocycles. The van der Waals surface area contributed by atoms with E-state index in [9.17, 15) is 0 Å². The first-order valence-electron chi connectivity index (χ1n) is 6.00. The summed E-state index contributed by atoms with van der Waals surface area (Å²) >= 11 is 1.74. The number of hydrogen-bond acceptors (Lipinski definition) is 4. The molecule has 3 rings (SSSR count). The fourth-order valence-corrected chi connectivity index (χ4v) is 2.49. The van der Waals surface area contributed by atoms with Crippen molar-refractivity contribution in [2.45, 2.75) is 17.6 Å². The van der Waals surface area contributed by atoms with E-state index in [2.05, 4.69) is 36.3 Å². The standard InChI is InChI=1S/C15H13NO2S/c1-11-4-6-13(7-5-11)19-10-12-9-15(18-16-12)14-3-2-8-17-14/h2-9H,10H2,1H3. The molecule has 19 heavy (non-hydrogen) atoms. The van der Waals surface area contributed by atoms with Crippen LogP contribution in [0.4, 0.5) is 0 Å². The topological polar surface area (TPSA) is 39.2 Å². The third-order valence-corrected chi connectivity index (χ3v) is 3.78. The summed E-state index contributed by atoms with van der Waals surface area (Å²) in [5, 5.41) is 4.05. The Morgan fingerprint density at radius 1 is 1.11 bits per heavy atom. The van der Waals surface area contributed by atoms with Crippen molar-refractivity contribution in [1.29, 1.82) is 0 Å². The molecule has 0 bridgehead atoms. The van der Waals surface area contributed by atoms with Crippen molar-refractivity contribution in [1.82, 2.24) is 5.16 Å². The zero-order valence-electron chi connectivity index (χ0n) is 10.5. The molecule has 96 valence electrons. The van der Waals surface area contributed by atoms with Gasteiger partial charge < -0.3 is 8.94 Å². The normalized spacial score (nSPS) is 10.8. The molecular formula is C15H13NO2S.